The predicted molar refractivity (Wildman–Crippen MR) is 91.3 cm³/mol. The Morgan fingerprint density at radius 2 is 1.92 bits per heavy atom. The van der Waals surface area contributed by atoms with Gasteiger partial charge in [-0.2, -0.15) is 0 Å². The van der Waals surface area contributed by atoms with Crippen LogP contribution in [-0.4, -0.2) is 42.3 Å². The first-order valence-electron chi connectivity index (χ1n) is 7.93. The van der Waals surface area contributed by atoms with Gasteiger partial charge in [0.1, 0.15) is 0 Å². The number of carbonyl (C=O) groups excluding carboxylic acids is 1. The number of hydrogen-bond donors (Lipinski definition) is 1. The zero-order chi connectivity index (χ0) is 17.3. The van der Waals surface area contributed by atoms with Gasteiger partial charge in [0.05, 0.1) is 10.5 Å². The monoisotopic (exact) mass is 347 g/mol. The Bertz CT molecular complexity index is 840. The first kappa shape index (κ1) is 16.7. The van der Waals surface area contributed by atoms with Gasteiger partial charge in [0.25, 0.3) is 15.9 Å². The van der Waals surface area contributed by atoms with Crippen LogP contribution in [0.5, 0.6) is 0 Å². The molecule has 1 fully saturated rings. The molecule has 1 unspecified atom stereocenters. The van der Waals surface area contributed by atoms with Crippen LogP contribution < -0.4 is 5.73 Å². The summed E-state index contributed by atoms with van der Waals surface area (Å²) in [6.07, 6.45) is 4.56. The van der Waals surface area contributed by atoms with Gasteiger partial charge in [-0.25, -0.2) is 12.4 Å². The zero-order valence-electron chi connectivity index (χ0n) is 13.6. The second-order valence-corrected chi connectivity index (χ2v) is 8.04. The summed E-state index contributed by atoms with van der Waals surface area (Å²) in [5.41, 5.74) is 7.25. The molecule has 1 aromatic carbocycles. The molecular weight excluding hydrogens is 326 g/mol. The SMILES string of the molecule is Cc1ccc(S(=O)(=O)n2ccc(C(=O)N3CCCC(N)C3)c2)cc1. The van der Waals surface area contributed by atoms with E-state index in [1.807, 2.05) is 6.92 Å². The molecule has 1 aliphatic heterocycles. The van der Waals surface area contributed by atoms with E-state index in [-0.39, 0.29) is 16.8 Å². The maximum Gasteiger partial charge on any atom is 0.267 e. The molecule has 1 saturated heterocycles. The van der Waals surface area contributed by atoms with Crippen molar-refractivity contribution in [3.63, 3.8) is 0 Å². The lowest BCUT2D eigenvalue weighted by molar-refractivity contribution is 0.0709. The fraction of sp³-hybridized carbons (Fsp3) is 0.353. The van der Waals surface area contributed by atoms with E-state index in [2.05, 4.69) is 0 Å². The van der Waals surface area contributed by atoms with Gasteiger partial charge in [0.15, 0.2) is 0 Å². The van der Waals surface area contributed by atoms with Gasteiger partial charge in [-0.05, 0) is 38.0 Å². The Morgan fingerprint density at radius 3 is 2.58 bits per heavy atom. The minimum absolute atomic E-state index is 0.0129. The van der Waals surface area contributed by atoms with Crippen LogP contribution in [0.4, 0.5) is 0 Å². The van der Waals surface area contributed by atoms with Gasteiger partial charge in [-0.3, -0.25) is 4.79 Å². The number of nitrogens with zero attached hydrogens (tertiary/aromatic N) is 2. The topological polar surface area (TPSA) is 85.4 Å². The predicted octanol–water partition coefficient (Wildman–Crippen LogP) is 1.60. The third-order valence-corrected chi connectivity index (χ3v) is 5.91. The molecule has 0 bridgehead atoms. The maximum atomic E-state index is 12.6. The number of amides is 1. The molecular formula is C17H21N3O3S. The van der Waals surface area contributed by atoms with Crippen molar-refractivity contribution in [1.82, 2.24) is 8.87 Å². The molecule has 1 aromatic heterocycles. The van der Waals surface area contributed by atoms with Crippen LogP contribution in [0.15, 0.2) is 47.6 Å². The second-order valence-electron chi connectivity index (χ2n) is 6.20. The molecule has 24 heavy (non-hydrogen) atoms. The Balaban J connectivity index is 1.84. The summed E-state index contributed by atoms with van der Waals surface area (Å²) in [6, 6.07) is 8.15. The van der Waals surface area contributed by atoms with E-state index in [9.17, 15) is 13.2 Å². The lowest BCUT2D eigenvalue weighted by atomic mass is 10.1. The van der Waals surface area contributed by atoms with Crippen LogP contribution in [0.3, 0.4) is 0 Å². The molecule has 0 spiro atoms. The minimum atomic E-state index is -3.69. The lowest BCUT2D eigenvalue weighted by Crippen LogP contribution is -2.45. The van der Waals surface area contributed by atoms with Gasteiger partial charge in [0, 0.05) is 31.5 Å². The van der Waals surface area contributed by atoms with Crippen LogP contribution in [0.25, 0.3) is 0 Å². The Morgan fingerprint density at radius 1 is 1.21 bits per heavy atom. The third kappa shape index (κ3) is 3.22. The van der Waals surface area contributed by atoms with Gasteiger partial charge in [-0.15, -0.1) is 0 Å². The molecule has 0 radical (unpaired) electrons. The normalized spacial score (nSPS) is 18.6. The second kappa shape index (κ2) is 6.41. The van der Waals surface area contributed by atoms with Crippen molar-refractivity contribution in [1.29, 1.82) is 0 Å². The van der Waals surface area contributed by atoms with Crippen molar-refractivity contribution >= 4 is 15.9 Å². The van der Waals surface area contributed by atoms with E-state index in [1.54, 1.807) is 29.2 Å². The molecule has 2 heterocycles. The fourth-order valence-electron chi connectivity index (χ4n) is 2.86. The number of rotatable bonds is 3. The van der Waals surface area contributed by atoms with Gasteiger partial charge in [0.2, 0.25) is 0 Å². The number of likely N-dealkylation sites (tertiary alicyclic amines) is 1. The van der Waals surface area contributed by atoms with Crippen LogP contribution in [0.2, 0.25) is 0 Å². The summed E-state index contributed by atoms with van der Waals surface area (Å²) >= 11 is 0. The summed E-state index contributed by atoms with van der Waals surface area (Å²) in [4.78, 5) is 14.4. The molecule has 1 aliphatic rings. The Kier molecular flexibility index (Phi) is 4.47. The molecule has 1 atom stereocenters. The molecule has 0 aliphatic carbocycles. The van der Waals surface area contributed by atoms with Crippen LogP contribution in [0.1, 0.15) is 28.8 Å². The van der Waals surface area contributed by atoms with E-state index in [0.29, 0.717) is 18.7 Å². The molecule has 3 rings (SSSR count). The van der Waals surface area contributed by atoms with Crippen molar-refractivity contribution < 1.29 is 13.2 Å². The van der Waals surface area contributed by atoms with Crippen molar-refractivity contribution in [2.75, 3.05) is 13.1 Å². The molecule has 0 saturated carbocycles. The number of aromatic nitrogens is 1. The number of benzene rings is 1. The molecule has 2 aromatic rings. The molecule has 128 valence electrons. The van der Waals surface area contributed by atoms with Gasteiger partial charge in [-0.1, -0.05) is 17.7 Å². The summed E-state index contributed by atoms with van der Waals surface area (Å²) in [7, 11) is -3.69. The average Bonchev–Trinajstić information content (AvgIpc) is 3.05. The zero-order valence-corrected chi connectivity index (χ0v) is 14.4. The first-order valence-corrected chi connectivity index (χ1v) is 9.37. The minimum Gasteiger partial charge on any atom is -0.337 e. The standard InChI is InChI=1S/C17H21N3O3S/c1-13-4-6-16(7-5-13)24(22,23)20-10-8-14(11-20)17(21)19-9-2-3-15(18)12-19/h4-8,10-11,15H,2-3,9,12,18H2,1H3. The van der Waals surface area contributed by atoms with Crippen LogP contribution >= 0.6 is 0 Å². The largest absolute Gasteiger partial charge is 0.337 e. The summed E-state index contributed by atoms with van der Waals surface area (Å²) < 4.78 is 26.3. The number of aryl methyl sites for hydroxylation is 1. The average molecular weight is 347 g/mol. The van der Waals surface area contributed by atoms with Crippen molar-refractivity contribution in [2.24, 2.45) is 5.73 Å². The van der Waals surface area contributed by atoms with Crippen molar-refractivity contribution in [2.45, 2.75) is 30.7 Å². The van der Waals surface area contributed by atoms with Crippen LogP contribution in [0, 0.1) is 6.92 Å². The molecule has 7 heteroatoms. The van der Waals surface area contributed by atoms with Crippen LogP contribution in [-0.2, 0) is 10.0 Å². The van der Waals surface area contributed by atoms with Crippen molar-refractivity contribution in [3.8, 4) is 0 Å². The highest BCUT2D eigenvalue weighted by molar-refractivity contribution is 7.90. The van der Waals surface area contributed by atoms with Gasteiger partial charge < -0.3 is 10.6 Å². The highest BCUT2D eigenvalue weighted by Gasteiger charge is 2.24. The van der Waals surface area contributed by atoms with E-state index < -0.39 is 10.0 Å². The highest BCUT2D eigenvalue weighted by Crippen LogP contribution is 2.18. The molecule has 6 nitrogen and oxygen atoms in total. The maximum absolute atomic E-state index is 12.6. The van der Waals surface area contributed by atoms with E-state index in [4.69, 9.17) is 5.73 Å². The molecule has 1 amide bonds. The highest BCUT2D eigenvalue weighted by atomic mass is 32.2. The summed E-state index contributed by atoms with van der Waals surface area (Å²) in [5.74, 6) is -0.178. The Hall–Kier alpha value is -2.12. The number of nitrogens with two attached hydrogens (primary N) is 1. The first-order chi connectivity index (χ1) is 11.4. The van der Waals surface area contributed by atoms with E-state index in [1.165, 1.54) is 18.5 Å². The van der Waals surface area contributed by atoms with E-state index >= 15 is 0 Å². The van der Waals surface area contributed by atoms with Crippen molar-refractivity contribution in [3.05, 3.63) is 53.9 Å². The fourth-order valence-corrected chi connectivity index (χ4v) is 4.06. The number of hydrogen-bond acceptors (Lipinski definition) is 4. The lowest BCUT2D eigenvalue weighted by Gasteiger charge is -2.30. The quantitative estimate of drug-likeness (QED) is 0.914. The third-order valence-electron chi connectivity index (χ3n) is 4.26. The summed E-state index contributed by atoms with van der Waals surface area (Å²) in [6.45, 7) is 3.06. The smallest absolute Gasteiger partial charge is 0.267 e. The Labute approximate surface area is 141 Å². The van der Waals surface area contributed by atoms with Gasteiger partial charge >= 0.3 is 0 Å². The molecule has 2 N–H and O–H groups in total. The van der Waals surface area contributed by atoms with E-state index in [0.717, 1.165) is 22.4 Å². The number of piperidine rings is 1. The number of carbonyl (C=O) groups is 1. The summed E-state index contributed by atoms with van der Waals surface area (Å²) in [5, 5.41) is 0.